The van der Waals surface area contributed by atoms with Crippen molar-refractivity contribution in [2.45, 2.75) is 10.9 Å². The van der Waals surface area contributed by atoms with Crippen molar-refractivity contribution in [3.63, 3.8) is 0 Å². The van der Waals surface area contributed by atoms with Crippen molar-refractivity contribution in [2.75, 3.05) is 0 Å². The first kappa shape index (κ1) is 16.0. The van der Waals surface area contributed by atoms with Crippen LogP contribution < -0.4 is 0 Å². The van der Waals surface area contributed by atoms with Crippen molar-refractivity contribution in [2.24, 2.45) is 5.10 Å². The SMILES string of the molecule is S=c1[nH]nc(SCc2ccccc2)n1/N=C\c1ccc(Cl)cc1. The van der Waals surface area contributed by atoms with Gasteiger partial charge in [0.1, 0.15) is 0 Å². The van der Waals surface area contributed by atoms with Gasteiger partial charge >= 0.3 is 0 Å². The fraction of sp³-hybridized carbons (Fsp3) is 0.0625. The minimum Gasteiger partial charge on any atom is -0.249 e. The molecule has 0 aliphatic rings. The summed E-state index contributed by atoms with van der Waals surface area (Å²) < 4.78 is 2.09. The number of benzene rings is 2. The normalized spacial score (nSPS) is 11.2. The van der Waals surface area contributed by atoms with Gasteiger partial charge in [0.2, 0.25) is 9.93 Å². The highest BCUT2D eigenvalue weighted by atomic mass is 35.5. The Morgan fingerprint density at radius 2 is 1.91 bits per heavy atom. The van der Waals surface area contributed by atoms with Gasteiger partial charge in [-0.2, -0.15) is 9.78 Å². The zero-order chi connectivity index (χ0) is 16.1. The second kappa shape index (κ2) is 7.59. The van der Waals surface area contributed by atoms with Crippen LogP contribution in [-0.2, 0) is 5.75 Å². The highest BCUT2D eigenvalue weighted by molar-refractivity contribution is 7.98. The lowest BCUT2D eigenvalue weighted by Gasteiger charge is -2.01. The summed E-state index contributed by atoms with van der Waals surface area (Å²) >= 11 is 12.7. The molecule has 0 saturated carbocycles. The maximum Gasteiger partial charge on any atom is 0.217 e. The van der Waals surface area contributed by atoms with Crippen molar-refractivity contribution in [3.05, 3.63) is 75.5 Å². The molecule has 0 bridgehead atoms. The zero-order valence-electron chi connectivity index (χ0n) is 12.0. The molecule has 1 aromatic heterocycles. The Morgan fingerprint density at radius 3 is 2.65 bits per heavy atom. The summed E-state index contributed by atoms with van der Waals surface area (Å²) in [5, 5.41) is 12.8. The number of rotatable bonds is 5. The number of nitrogens with one attached hydrogen (secondary N) is 1. The van der Waals surface area contributed by atoms with E-state index in [1.54, 1.807) is 22.7 Å². The Balaban J connectivity index is 1.76. The van der Waals surface area contributed by atoms with E-state index in [-0.39, 0.29) is 0 Å². The summed E-state index contributed by atoms with van der Waals surface area (Å²) in [5.74, 6) is 0.803. The highest BCUT2D eigenvalue weighted by Gasteiger charge is 2.06. The third kappa shape index (κ3) is 4.31. The van der Waals surface area contributed by atoms with E-state index in [0.29, 0.717) is 9.79 Å². The largest absolute Gasteiger partial charge is 0.249 e. The summed E-state index contributed by atoms with van der Waals surface area (Å²) in [4.78, 5) is 0. The predicted octanol–water partition coefficient (Wildman–Crippen LogP) is 4.77. The van der Waals surface area contributed by atoms with Gasteiger partial charge in [-0.25, -0.2) is 5.10 Å². The monoisotopic (exact) mass is 360 g/mol. The van der Waals surface area contributed by atoms with Gasteiger partial charge in [-0.15, -0.1) is 5.10 Å². The number of thioether (sulfide) groups is 1. The number of H-pyrrole nitrogens is 1. The smallest absolute Gasteiger partial charge is 0.217 e. The van der Waals surface area contributed by atoms with Gasteiger partial charge < -0.3 is 0 Å². The lowest BCUT2D eigenvalue weighted by molar-refractivity contribution is 0.759. The fourth-order valence-corrected chi connectivity index (χ4v) is 3.09. The minimum absolute atomic E-state index is 0.464. The number of halogens is 1. The number of hydrogen-bond donors (Lipinski definition) is 1. The molecule has 0 amide bonds. The van der Waals surface area contributed by atoms with Gasteiger partial charge in [0.15, 0.2) is 0 Å². The summed E-state index contributed by atoms with van der Waals surface area (Å²) in [6.07, 6.45) is 1.73. The predicted molar refractivity (Wildman–Crippen MR) is 97.9 cm³/mol. The van der Waals surface area contributed by atoms with Crippen molar-refractivity contribution in [3.8, 4) is 0 Å². The third-order valence-electron chi connectivity index (χ3n) is 3.02. The Kier molecular flexibility index (Phi) is 5.27. The number of nitrogens with zero attached hydrogens (tertiary/aromatic N) is 3. The highest BCUT2D eigenvalue weighted by Crippen LogP contribution is 2.20. The number of hydrogen-bond acceptors (Lipinski definition) is 4. The fourth-order valence-electron chi connectivity index (χ4n) is 1.87. The molecule has 0 atom stereocenters. The Bertz CT molecular complexity index is 854. The first-order valence-electron chi connectivity index (χ1n) is 6.86. The van der Waals surface area contributed by atoms with Crippen LogP contribution in [0.3, 0.4) is 0 Å². The topological polar surface area (TPSA) is 46.0 Å². The van der Waals surface area contributed by atoms with E-state index in [2.05, 4.69) is 27.4 Å². The van der Waals surface area contributed by atoms with E-state index >= 15 is 0 Å². The van der Waals surface area contributed by atoms with Gasteiger partial charge in [0.25, 0.3) is 0 Å². The molecule has 0 fully saturated rings. The molecule has 0 aliphatic carbocycles. The van der Waals surface area contributed by atoms with E-state index in [1.165, 1.54) is 5.56 Å². The van der Waals surface area contributed by atoms with Gasteiger partial charge in [-0.05, 0) is 35.5 Å². The van der Waals surface area contributed by atoms with E-state index in [0.717, 1.165) is 16.5 Å². The van der Waals surface area contributed by atoms with E-state index in [1.807, 2.05) is 42.5 Å². The van der Waals surface area contributed by atoms with Crippen LogP contribution >= 0.6 is 35.6 Å². The van der Waals surface area contributed by atoms with Crippen LogP contribution in [0.2, 0.25) is 5.02 Å². The summed E-state index contributed by atoms with van der Waals surface area (Å²) in [6, 6.07) is 17.6. The molecule has 3 aromatic rings. The average Bonchev–Trinajstić information content (AvgIpc) is 2.93. The molecular weight excluding hydrogens is 348 g/mol. The van der Waals surface area contributed by atoms with Crippen molar-refractivity contribution < 1.29 is 0 Å². The minimum atomic E-state index is 0.464. The molecule has 116 valence electrons. The molecule has 0 radical (unpaired) electrons. The summed E-state index contributed by atoms with van der Waals surface area (Å²) in [5.41, 5.74) is 2.16. The lowest BCUT2D eigenvalue weighted by atomic mass is 10.2. The lowest BCUT2D eigenvalue weighted by Crippen LogP contribution is -1.94. The third-order valence-corrected chi connectivity index (χ3v) is 4.54. The molecule has 0 unspecified atom stereocenters. The van der Waals surface area contributed by atoms with Gasteiger partial charge in [-0.1, -0.05) is 65.8 Å². The Morgan fingerprint density at radius 1 is 1.17 bits per heavy atom. The molecule has 0 saturated heterocycles. The molecule has 1 N–H and O–H groups in total. The van der Waals surface area contributed by atoms with Crippen LogP contribution in [0.25, 0.3) is 0 Å². The maximum atomic E-state index is 5.88. The van der Waals surface area contributed by atoms with Crippen LogP contribution in [0, 0.1) is 4.77 Å². The summed E-state index contributed by atoms with van der Waals surface area (Å²) in [6.45, 7) is 0. The van der Waals surface area contributed by atoms with Crippen LogP contribution in [0.4, 0.5) is 0 Å². The van der Waals surface area contributed by atoms with E-state index in [4.69, 9.17) is 23.8 Å². The van der Waals surface area contributed by atoms with Gasteiger partial charge in [-0.3, -0.25) is 0 Å². The van der Waals surface area contributed by atoms with Crippen molar-refractivity contribution in [1.29, 1.82) is 0 Å². The zero-order valence-corrected chi connectivity index (χ0v) is 14.4. The first-order valence-corrected chi connectivity index (χ1v) is 8.63. The Labute approximate surface area is 148 Å². The van der Waals surface area contributed by atoms with Crippen molar-refractivity contribution >= 4 is 41.8 Å². The van der Waals surface area contributed by atoms with Crippen LogP contribution in [-0.4, -0.2) is 21.1 Å². The standard InChI is InChI=1S/C16H13ClN4S2/c17-14-8-6-12(7-9-14)10-18-21-15(22)19-20-16(21)23-11-13-4-2-1-3-5-13/h1-10H,11H2,(H,19,22)/b18-10-. The quantitative estimate of drug-likeness (QED) is 0.405. The molecule has 4 nitrogen and oxygen atoms in total. The first-order chi connectivity index (χ1) is 11.2. The second-order valence-corrected chi connectivity index (χ2v) is 6.46. The maximum absolute atomic E-state index is 5.88. The molecule has 1 heterocycles. The van der Waals surface area contributed by atoms with E-state index in [9.17, 15) is 0 Å². The molecule has 0 aliphatic heterocycles. The van der Waals surface area contributed by atoms with Gasteiger partial charge in [0.05, 0.1) is 6.21 Å². The van der Waals surface area contributed by atoms with E-state index < -0.39 is 0 Å². The average molecular weight is 361 g/mol. The summed E-state index contributed by atoms with van der Waals surface area (Å²) in [7, 11) is 0. The number of aromatic nitrogens is 3. The molecule has 2 aromatic carbocycles. The Hall–Kier alpha value is -1.89. The van der Waals surface area contributed by atoms with Crippen LogP contribution in [0.5, 0.6) is 0 Å². The second-order valence-electron chi connectivity index (χ2n) is 4.69. The van der Waals surface area contributed by atoms with Gasteiger partial charge in [0, 0.05) is 10.8 Å². The number of aromatic amines is 1. The molecule has 3 rings (SSSR count). The molecule has 0 spiro atoms. The molecule has 7 heteroatoms. The molecule has 23 heavy (non-hydrogen) atoms. The molecular formula is C16H13ClN4S2. The van der Waals surface area contributed by atoms with Crippen molar-refractivity contribution in [1.82, 2.24) is 14.9 Å². The van der Waals surface area contributed by atoms with Crippen LogP contribution in [0.15, 0.2) is 64.9 Å². The van der Waals surface area contributed by atoms with Crippen LogP contribution in [0.1, 0.15) is 11.1 Å².